The van der Waals surface area contributed by atoms with Crippen LogP contribution < -0.4 is 15.0 Å². The van der Waals surface area contributed by atoms with Gasteiger partial charge in [-0.3, -0.25) is 9.59 Å². The van der Waals surface area contributed by atoms with E-state index >= 15 is 0 Å². The van der Waals surface area contributed by atoms with Gasteiger partial charge in [-0.1, -0.05) is 13.0 Å². The molecule has 0 saturated carbocycles. The number of anilines is 2. The monoisotopic (exact) mass is 394 g/mol. The molecule has 2 aliphatic rings. The van der Waals surface area contributed by atoms with E-state index < -0.39 is 0 Å². The van der Waals surface area contributed by atoms with Crippen LogP contribution in [0.4, 0.5) is 11.4 Å². The van der Waals surface area contributed by atoms with Gasteiger partial charge in [0, 0.05) is 30.9 Å². The number of nitrogens with zero attached hydrogens (tertiary/aromatic N) is 1. The maximum Gasteiger partial charge on any atom is 0.262 e. The van der Waals surface area contributed by atoms with Gasteiger partial charge < -0.3 is 19.7 Å². The van der Waals surface area contributed by atoms with Crippen LogP contribution in [-0.4, -0.2) is 44.6 Å². The van der Waals surface area contributed by atoms with Crippen LogP contribution in [-0.2, 0) is 9.53 Å². The lowest BCUT2D eigenvalue weighted by Gasteiger charge is -2.28. The minimum atomic E-state index is -0.253. The Hall–Kier alpha value is -2.86. The Morgan fingerprint density at radius 3 is 2.62 bits per heavy atom. The molecule has 1 N–H and O–H groups in total. The molecule has 1 aliphatic carbocycles. The molecule has 2 aromatic rings. The maximum absolute atomic E-state index is 12.4. The van der Waals surface area contributed by atoms with Crippen molar-refractivity contribution in [3.63, 3.8) is 0 Å². The highest BCUT2D eigenvalue weighted by Crippen LogP contribution is 2.40. The molecule has 1 amide bonds. The highest BCUT2D eigenvalue weighted by atomic mass is 16.5. The molecule has 0 spiro atoms. The first kappa shape index (κ1) is 19.5. The van der Waals surface area contributed by atoms with Crippen molar-refractivity contribution in [2.24, 2.45) is 0 Å². The van der Waals surface area contributed by atoms with E-state index in [2.05, 4.69) is 10.2 Å². The number of ketones is 1. The zero-order valence-corrected chi connectivity index (χ0v) is 16.9. The van der Waals surface area contributed by atoms with Gasteiger partial charge in [0.1, 0.15) is 5.75 Å². The molecule has 1 fully saturated rings. The zero-order valence-electron chi connectivity index (χ0n) is 16.9. The lowest BCUT2D eigenvalue weighted by molar-refractivity contribution is -0.118. The summed E-state index contributed by atoms with van der Waals surface area (Å²) in [5.74, 6) is 0.528. The Balaban J connectivity index is 1.37. The lowest BCUT2D eigenvalue weighted by atomic mass is 9.97. The van der Waals surface area contributed by atoms with E-state index in [-0.39, 0.29) is 24.2 Å². The van der Waals surface area contributed by atoms with Crippen molar-refractivity contribution in [1.82, 2.24) is 0 Å². The average molecular weight is 394 g/mol. The third-order valence-corrected chi connectivity index (χ3v) is 5.57. The number of fused-ring (bicyclic) bond motifs is 1. The predicted octanol–water partition coefficient (Wildman–Crippen LogP) is 3.54. The van der Waals surface area contributed by atoms with Gasteiger partial charge in [-0.2, -0.15) is 0 Å². The number of amides is 1. The van der Waals surface area contributed by atoms with Crippen molar-refractivity contribution in [3.8, 4) is 5.75 Å². The molecular weight excluding hydrogens is 368 g/mol. The highest BCUT2D eigenvalue weighted by molar-refractivity contribution is 6.04. The van der Waals surface area contributed by atoms with Crippen LogP contribution >= 0.6 is 0 Å². The summed E-state index contributed by atoms with van der Waals surface area (Å²) in [6.07, 6.45) is 0.498. The zero-order chi connectivity index (χ0) is 20.4. The summed E-state index contributed by atoms with van der Waals surface area (Å²) in [6.45, 7) is 7.14. The topological polar surface area (TPSA) is 67.9 Å². The number of carbonyl (C=O) groups excluding carboxylic acids is 2. The van der Waals surface area contributed by atoms with Gasteiger partial charge in [0.05, 0.1) is 18.8 Å². The van der Waals surface area contributed by atoms with Gasteiger partial charge in [0.2, 0.25) is 0 Å². The van der Waals surface area contributed by atoms with Gasteiger partial charge in [-0.05, 0) is 54.3 Å². The Morgan fingerprint density at radius 2 is 1.90 bits per heavy atom. The molecule has 0 aromatic heterocycles. The summed E-state index contributed by atoms with van der Waals surface area (Å²) in [7, 11) is 0. The Bertz CT molecular complexity index is 917. The first-order valence-electron chi connectivity index (χ1n) is 10.0. The summed E-state index contributed by atoms with van der Waals surface area (Å²) in [4.78, 5) is 27.0. The van der Waals surface area contributed by atoms with Crippen LogP contribution in [0.15, 0.2) is 36.4 Å². The number of morpholine rings is 1. The van der Waals surface area contributed by atoms with Gasteiger partial charge in [-0.25, -0.2) is 0 Å². The smallest absolute Gasteiger partial charge is 0.262 e. The number of aryl methyl sites for hydroxylation is 1. The summed E-state index contributed by atoms with van der Waals surface area (Å²) < 4.78 is 11.1. The van der Waals surface area contributed by atoms with Crippen molar-refractivity contribution in [2.75, 3.05) is 43.1 Å². The average Bonchev–Trinajstić information content (AvgIpc) is 3.04. The van der Waals surface area contributed by atoms with Crippen molar-refractivity contribution < 1.29 is 19.1 Å². The molecule has 152 valence electrons. The van der Waals surface area contributed by atoms with Gasteiger partial charge in [-0.15, -0.1) is 0 Å². The second kappa shape index (κ2) is 8.25. The quantitative estimate of drug-likeness (QED) is 0.840. The minimum absolute atomic E-state index is 0.0882. The molecule has 2 aromatic carbocycles. The molecule has 1 heterocycles. The van der Waals surface area contributed by atoms with Gasteiger partial charge >= 0.3 is 0 Å². The molecule has 1 aliphatic heterocycles. The first-order chi connectivity index (χ1) is 14.0. The van der Waals surface area contributed by atoms with Crippen LogP contribution in [0.2, 0.25) is 0 Å². The van der Waals surface area contributed by atoms with Crippen LogP contribution in [0.1, 0.15) is 40.7 Å². The fourth-order valence-electron chi connectivity index (χ4n) is 4.15. The number of ether oxygens (including phenoxy) is 2. The Labute approximate surface area is 170 Å². The second-order valence-corrected chi connectivity index (χ2v) is 7.68. The van der Waals surface area contributed by atoms with Crippen LogP contribution in [0.3, 0.4) is 0 Å². The van der Waals surface area contributed by atoms with Gasteiger partial charge in [0.25, 0.3) is 5.91 Å². The van der Waals surface area contributed by atoms with E-state index in [4.69, 9.17) is 9.47 Å². The summed E-state index contributed by atoms with van der Waals surface area (Å²) in [6, 6.07) is 11.5. The lowest BCUT2D eigenvalue weighted by Crippen LogP contribution is -2.36. The molecule has 4 rings (SSSR count). The SMILES string of the molecule is Cc1ccc(OCC(=O)Nc2ccc(N3CCOCC3)cc2)c2c1[C@H](C)CC2=O. The van der Waals surface area contributed by atoms with Crippen molar-refractivity contribution >= 4 is 23.1 Å². The largest absolute Gasteiger partial charge is 0.483 e. The van der Waals surface area contributed by atoms with Gasteiger partial charge in [0.15, 0.2) is 12.4 Å². The third-order valence-electron chi connectivity index (χ3n) is 5.57. The highest BCUT2D eigenvalue weighted by Gasteiger charge is 2.31. The number of rotatable bonds is 5. The number of nitrogens with one attached hydrogen (secondary N) is 1. The van der Waals surface area contributed by atoms with E-state index in [0.717, 1.165) is 48.8 Å². The molecule has 0 radical (unpaired) electrons. The normalized spacial score (nSPS) is 18.5. The standard InChI is InChI=1S/C23H26N2O4/c1-15-3-8-20(23-19(26)13-16(2)22(15)23)29-14-21(27)24-17-4-6-18(7-5-17)25-9-11-28-12-10-25/h3-8,16H,9-14H2,1-2H3,(H,24,27)/t16-/m1/s1. The van der Waals surface area contributed by atoms with E-state index in [1.807, 2.05) is 44.2 Å². The molecule has 29 heavy (non-hydrogen) atoms. The minimum Gasteiger partial charge on any atom is -0.483 e. The molecule has 1 saturated heterocycles. The fourth-order valence-corrected chi connectivity index (χ4v) is 4.15. The number of carbonyl (C=O) groups is 2. The molecule has 0 bridgehead atoms. The fraction of sp³-hybridized carbons (Fsp3) is 0.391. The number of hydrogen-bond donors (Lipinski definition) is 1. The number of benzene rings is 2. The Morgan fingerprint density at radius 1 is 1.17 bits per heavy atom. The van der Waals surface area contributed by atoms with Crippen LogP contribution in [0.25, 0.3) is 0 Å². The van der Waals surface area contributed by atoms with Crippen LogP contribution in [0.5, 0.6) is 5.75 Å². The molecule has 6 heteroatoms. The number of hydrogen-bond acceptors (Lipinski definition) is 5. The third kappa shape index (κ3) is 4.12. The van der Waals surface area contributed by atoms with Crippen molar-refractivity contribution in [1.29, 1.82) is 0 Å². The summed E-state index contributed by atoms with van der Waals surface area (Å²) in [5, 5.41) is 2.85. The molecule has 0 unspecified atom stereocenters. The molecule has 1 atom stereocenters. The van der Waals surface area contributed by atoms with Crippen molar-refractivity contribution in [3.05, 3.63) is 53.1 Å². The number of Topliss-reactive ketones (excluding diaryl/α,β-unsaturated/α-hetero) is 1. The van der Waals surface area contributed by atoms with Crippen molar-refractivity contribution in [2.45, 2.75) is 26.2 Å². The summed E-state index contributed by atoms with van der Waals surface area (Å²) in [5.41, 5.74) is 4.61. The summed E-state index contributed by atoms with van der Waals surface area (Å²) >= 11 is 0. The Kier molecular flexibility index (Phi) is 5.53. The molecular formula is C23H26N2O4. The van der Waals surface area contributed by atoms with E-state index in [0.29, 0.717) is 17.7 Å². The molecule has 6 nitrogen and oxygen atoms in total. The maximum atomic E-state index is 12.4. The second-order valence-electron chi connectivity index (χ2n) is 7.68. The van der Waals surface area contributed by atoms with E-state index in [9.17, 15) is 9.59 Å². The van der Waals surface area contributed by atoms with Crippen LogP contribution in [0, 0.1) is 6.92 Å². The predicted molar refractivity (Wildman–Crippen MR) is 112 cm³/mol. The first-order valence-corrected chi connectivity index (χ1v) is 10.0. The van der Waals surface area contributed by atoms with E-state index in [1.165, 1.54) is 0 Å². The van der Waals surface area contributed by atoms with E-state index in [1.54, 1.807) is 6.07 Å².